The topological polar surface area (TPSA) is 98.7 Å². The molecule has 0 aliphatic carbocycles. The number of rotatable bonds is 3. The first-order valence-corrected chi connectivity index (χ1v) is 6.47. The molecule has 4 N–H and O–H groups in total. The maximum atomic E-state index is 12.6. The van der Waals surface area contributed by atoms with E-state index in [0.717, 1.165) is 5.56 Å². The molecular formula is C14H19N3O3. The Bertz CT molecular complexity index is 502. The maximum Gasteiger partial charge on any atom is 0.248 e. The van der Waals surface area contributed by atoms with E-state index < -0.39 is 17.6 Å². The van der Waals surface area contributed by atoms with E-state index in [1.54, 1.807) is 6.92 Å². The van der Waals surface area contributed by atoms with Crippen LogP contribution in [-0.2, 0) is 19.9 Å². The molecule has 2 rings (SSSR count). The predicted molar refractivity (Wildman–Crippen MR) is 73.5 cm³/mol. The summed E-state index contributed by atoms with van der Waals surface area (Å²) < 4.78 is 5.23. The Morgan fingerprint density at radius 1 is 1.35 bits per heavy atom. The number of nitrogens with two attached hydrogens (primary N) is 2. The summed E-state index contributed by atoms with van der Waals surface area (Å²) in [5.74, 6) is -0.806. The van der Waals surface area contributed by atoms with Gasteiger partial charge in [0.05, 0.1) is 13.2 Å². The summed E-state index contributed by atoms with van der Waals surface area (Å²) in [6, 6.07) is 9.15. The molecule has 0 saturated carbocycles. The van der Waals surface area contributed by atoms with Gasteiger partial charge in [0.1, 0.15) is 5.54 Å². The number of nitrogens with zero attached hydrogens (tertiary/aromatic N) is 1. The smallest absolute Gasteiger partial charge is 0.248 e. The summed E-state index contributed by atoms with van der Waals surface area (Å²) in [5.41, 5.74) is 11.0. The van der Waals surface area contributed by atoms with Crippen LogP contribution in [-0.4, -0.2) is 42.5 Å². The molecule has 6 nitrogen and oxygen atoms in total. The van der Waals surface area contributed by atoms with Crippen LogP contribution in [0, 0.1) is 0 Å². The third-order valence-corrected chi connectivity index (χ3v) is 3.49. The van der Waals surface area contributed by atoms with Gasteiger partial charge < -0.3 is 21.1 Å². The van der Waals surface area contributed by atoms with Crippen LogP contribution in [0.2, 0.25) is 0 Å². The fourth-order valence-corrected chi connectivity index (χ4v) is 2.24. The van der Waals surface area contributed by atoms with Gasteiger partial charge in [-0.3, -0.25) is 9.59 Å². The number of ether oxygens (including phenoxy) is 1. The van der Waals surface area contributed by atoms with E-state index in [4.69, 9.17) is 16.2 Å². The zero-order valence-electron chi connectivity index (χ0n) is 11.4. The molecule has 108 valence electrons. The van der Waals surface area contributed by atoms with Crippen LogP contribution in [0.25, 0.3) is 0 Å². The lowest BCUT2D eigenvalue weighted by atomic mass is 9.91. The van der Waals surface area contributed by atoms with Gasteiger partial charge in [-0.2, -0.15) is 0 Å². The van der Waals surface area contributed by atoms with Crippen molar-refractivity contribution in [3.8, 4) is 0 Å². The molecule has 0 spiro atoms. The van der Waals surface area contributed by atoms with Gasteiger partial charge in [-0.15, -0.1) is 0 Å². The molecule has 1 aromatic rings. The predicted octanol–water partition coefficient (Wildman–Crippen LogP) is -0.427. The maximum absolute atomic E-state index is 12.6. The molecule has 20 heavy (non-hydrogen) atoms. The first kappa shape index (κ1) is 14.5. The first-order chi connectivity index (χ1) is 9.43. The molecule has 0 bridgehead atoms. The third-order valence-electron chi connectivity index (χ3n) is 3.49. The van der Waals surface area contributed by atoms with Crippen LogP contribution in [0.5, 0.6) is 0 Å². The van der Waals surface area contributed by atoms with Crippen molar-refractivity contribution in [3.05, 3.63) is 35.9 Å². The molecule has 1 fully saturated rings. The number of amides is 2. The van der Waals surface area contributed by atoms with Crippen molar-refractivity contribution in [2.45, 2.75) is 18.6 Å². The molecule has 1 aliphatic rings. The Kier molecular flexibility index (Phi) is 4.06. The molecule has 1 aromatic carbocycles. The van der Waals surface area contributed by atoms with Crippen molar-refractivity contribution in [2.24, 2.45) is 11.5 Å². The molecule has 2 amide bonds. The molecule has 0 radical (unpaired) electrons. The minimum Gasteiger partial charge on any atom is -0.367 e. The van der Waals surface area contributed by atoms with Crippen LogP contribution in [0.4, 0.5) is 0 Å². The van der Waals surface area contributed by atoms with Gasteiger partial charge in [0.25, 0.3) is 0 Å². The van der Waals surface area contributed by atoms with Crippen molar-refractivity contribution in [2.75, 3.05) is 19.7 Å². The van der Waals surface area contributed by atoms with Crippen LogP contribution in [0.1, 0.15) is 12.5 Å². The zero-order valence-corrected chi connectivity index (χ0v) is 11.4. The number of carbonyl (C=O) groups excluding carboxylic acids is 2. The quantitative estimate of drug-likeness (QED) is 0.783. The molecular weight excluding hydrogens is 258 g/mol. The lowest BCUT2D eigenvalue weighted by molar-refractivity contribution is -0.149. The van der Waals surface area contributed by atoms with Gasteiger partial charge in [0, 0.05) is 6.54 Å². The molecule has 0 aromatic heterocycles. The highest BCUT2D eigenvalue weighted by molar-refractivity contribution is 5.88. The summed E-state index contributed by atoms with van der Waals surface area (Å²) in [6.07, 6.45) is -0.765. The second kappa shape index (κ2) is 5.60. The van der Waals surface area contributed by atoms with Crippen LogP contribution in [0.3, 0.4) is 0 Å². The monoisotopic (exact) mass is 277 g/mol. The van der Waals surface area contributed by atoms with Crippen molar-refractivity contribution >= 4 is 11.8 Å². The summed E-state index contributed by atoms with van der Waals surface area (Å²) in [7, 11) is 0. The Hall–Kier alpha value is -1.92. The molecule has 1 saturated heterocycles. The lowest BCUT2D eigenvalue weighted by Crippen LogP contribution is -2.57. The van der Waals surface area contributed by atoms with Crippen LogP contribution < -0.4 is 11.5 Å². The van der Waals surface area contributed by atoms with E-state index in [2.05, 4.69) is 0 Å². The lowest BCUT2D eigenvalue weighted by Gasteiger charge is -2.36. The van der Waals surface area contributed by atoms with E-state index in [1.807, 2.05) is 30.3 Å². The molecule has 6 heteroatoms. The van der Waals surface area contributed by atoms with Gasteiger partial charge in [-0.05, 0) is 12.5 Å². The molecule has 2 unspecified atom stereocenters. The number of hydrogen-bond acceptors (Lipinski definition) is 4. The van der Waals surface area contributed by atoms with E-state index >= 15 is 0 Å². The average molecular weight is 277 g/mol. The van der Waals surface area contributed by atoms with Gasteiger partial charge in [-0.25, -0.2) is 0 Å². The van der Waals surface area contributed by atoms with Gasteiger partial charge in [0.15, 0.2) is 6.10 Å². The number of carbonyl (C=O) groups is 2. The van der Waals surface area contributed by atoms with Crippen molar-refractivity contribution in [1.82, 2.24) is 4.90 Å². The van der Waals surface area contributed by atoms with E-state index in [1.165, 1.54) is 4.90 Å². The zero-order chi connectivity index (χ0) is 14.8. The number of morpholine rings is 1. The Balaban J connectivity index is 2.16. The van der Waals surface area contributed by atoms with Crippen LogP contribution >= 0.6 is 0 Å². The second-order valence-electron chi connectivity index (χ2n) is 5.08. The SMILES string of the molecule is CC(N)(C(=O)N1CCOC(C(N)=O)C1)c1ccccc1. The summed E-state index contributed by atoms with van der Waals surface area (Å²) >= 11 is 0. The second-order valence-corrected chi connectivity index (χ2v) is 5.08. The fourth-order valence-electron chi connectivity index (χ4n) is 2.24. The highest BCUT2D eigenvalue weighted by atomic mass is 16.5. The molecule has 1 heterocycles. The van der Waals surface area contributed by atoms with Gasteiger partial charge in [0.2, 0.25) is 11.8 Å². The third kappa shape index (κ3) is 2.81. The normalized spacial score (nSPS) is 22.1. The number of primary amides is 1. The standard InChI is InChI=1S/C14H19N3O3/c1-14(16,10-5-3-2-4-6-10)13(19)17-7-8-20-11(9-17)12(15)18/h2-6,11H,7-9,16H2,1H3,(H2,15,18). The highest BCUT2D eigenvalue weighted by Crippen LogP contribution is 2.21. The largest absolute Gasteiger partial charge is 0.367 e. The van der Waals surface area contributed by atoms with E-state index in [0.29, 0.717) is 6.54 Å². The van der Waals surface area contributed by atoms with E-state index in [9.17, 15) is 9.59 Å². The van der Waals surface area contributed by atoms with E-state index in [-0.39, 0.29) is 19.1 Å². The fraction of sp³-hybridized carbons (Fsp3) is 0.429. The Morgan fingerprint density at radius 2 is 2.00 bits per heavy atom. The Labute approximate surface area is 117 Å². The highest BCUT2D eigenvalue weighted by Gasteiger charge is 2.37. The van der Waals surface area contributed by atoms with Crippen molar-refractivity contribution in [3.63, 3.8) is 0 Å². The van der Waals surface area contributed by atoms with Gasteiger partial charge >= 0.3 is 0 Å². The van der Waals surface area contributed by atoms with Crippen molar-refractivity contribution < 1.29 is 14.3 Å². The average Bonchev–Trinajstić information content (AvgIpc) is 2.47. The Morgan fingerprint density at radius 3 is 2.60 bits per heavy atom. The number of hydrogen-bond donors (Lipinski definition) is 2. The minimum absolute atomic E-state index is 0.147. The first-order valence-electron chi connectivity index (χ1n) is 6.47. The van der Waals surface area contributed by atoms with Gasteiger partial charge in [-0.1, -0.05) is 30.3 Å². The molecule has 2 atom stereocenters. The molecule has 1 aliphatic heterocycles. The van der Waals surface area contributed by atoms with Crippen molar-refractivity contribution in [1.29, 1.82) is 0 Å². The van der Waals surface area contributed by atoms with Crippen LogP contribution in [0.15, 0.2) is 30.3 Å². The number of benzene rings is 1. The summed E-state index contributed by atoms with van der Waals surface area (Å²) in [6.45, 7) is 2.50. The summed E-state index contributed by atoms with van der Waals surface area (Å²) in [5, 5.41) is 0. The minimum atomic E-state index is -1.14. The summed E-state index contributed by atoms with van der Waals surface area (Å²) in [4.78, 5) is 25.3.